The molecule has 9 heteroatoms. The van der Waals surface area contributed by atoms with Crippen LogP contribution in [0.2, 0.25) is 0 Å². The number of nitro benzene ring substituents is 1. The minimum Gasteiger partial charge on any atom is -0.454 e. The number of hydrogen-bond donors (Lipinski definition) is 0. The van der Waals surface area contributed by atoms with Gasteiger partial charge in [0.15, 0.2) is 12.4 Å². The molecular weight excluding hydrogens is 556 g/mol. The number of fused-ring (bicyclic) bond motifs is 1. The molecule has 0 atom stereocenters. The van der Waals surface area contributed by atoms with Crippen LogP contribution in [-0.2, 0) is 4.74 Å². The van der Waals surface area contributed by atoms with Crippen molar-refractivity contribution in [2.75, 3.05) is 6.61 Å². The van der Waals surface area contributed by atoms with Gasteiger partial charge in [-0.25, -0.2) is 9.78 Å². The second-order valence-electron chi connectivity index (χ2n) is 7.01. The zero-order chi connectivity index (χ0) is 23.5. The number of nitrogens with zero attached hydrogens (tertiary/aromatic N) is 2. The number of benzene rings is 3. The fourth-order valence-electron chi connectivity index (χ4n) is 3.24. The van der Waals surface area contributed by atoms with Crippen molar-refractivity contribution in [3.05, 3.63) is 103 Å². The Balaban J connectivity index is 1.65. The van der Waals surface area contributed by atoms with Crippen molar-refractivity contribution in [1.82, 2.24) is 4.98 Å². The van der Waals surface area contributed by atoms with Crippen molar-refractivity contribution in [3.63, 3.8) is 0 Å². The van der Waals surface area contributed by atoms with E-state index in [0.29, 0.717) is 21.1 Å². The maximum Gasteiger partial charge on any atom is 0.339 e. The number of Topliss-reactive ketones (excluding diaryl/α,β-unsaturated/α-hetero) is 1. The Kier molecular flexibility index (Phi) is 6.62. The third-order valence-electron chi connectivity index (χ3n) is 4.86. The fourth-order valence-corrected chi connectivity index (χ4v) is 4.55. The second kappa shape index (κ2) is 9.60. The summed E-state index contributed by atoms with van der Waals surface area (Å²) in [4.78, 5) is 40.4. The standard InChI is InChI=1S/C24H14Br2N2O5/c25-16-10-18-19(12-21(14-4-2-1-3-5-14)27-23(18)20(26)11-16)24(30)33-13-22(29)15-6-8-17(9-7-15)28(31)32/h1-12H,13H2. The van der Waals surface area contributed by atoms with Crippen LogP contribution in [0.15, 0.2) is 81.7 Å². The molecule has 1 heterocycles. The van der Waals surface area contributed by atoms with E-state index in [1.807, 2.05) is 36.4 Å². The number of aromatic nitrogens is 1. The van der Waals surface area contributed by atoms with Crippen LogP contribution in [0.25, 0.3) is 22.2 Å². The summed E-state index contributed by atoms with van der Waals surface area (Å²) in [6.07, 6.45) is 0. The highest BCUT2D eigenvalue weighted by Crippen LogP contribution is 2.32. The molecule has 0 spiro atoms. The van der Waals surface area contributed by atoms with Crippen LogP contribution >= 0.6 is 31.9 Å². The van der Waals surface area contributed by atoms with Crippen LogP contribution in [0, 0.1) is 10.1 Å². The van der Waals surface area contributed by atoms with E-state index < -0.39 is 23.3 Å². The molecule has 0 amide bonds. The number of non-ortho nitro benzene ring substituents is 1. The van der Waals surface area contributed by atoms with Crippen LogP contribution in [0.5, 0.6) is 0 Å². The highest BCUT2D eigenvalue weighted by atomic mass is 79.9. The van der Waals surface area contributed by atoms with E-state index in [2.05, 4.69) is 31.9 Å². The zero-order valence-corrected chi connectivity index (χ0v) is 20.0. The predicted molar refractivity (Wildman–Crippen MR) is 130 cm³/mol. The Morgan fingerprint density at radius 1 is 0.970 bits per heavy atom. The largest absolute Gasteiger partial charge is 0.454 e. The summed E-state index contributed by atoms with van der Waals surface area (Å²) < 4.78 is 6.76. The lowest BCUT2D eigenvalue weighted by Gasteiger charge is -2.11. The molecule has 33 heavy (non-hydrogen) atoms. The van der Waals surface area contributed by atoms with Gasteiger partial charge in [0.2, 0.25) is 0 Å². The first kappa shape index (κ1) is 22.8. The van der Waals surface area contributed by atoms with Gasteiger partial charge in [0.1, 0.15) is 0 Å². The summed E-state index contributed by atoms with van der Waals surface area (Å²) in [6.45, 7) is -0.504. The van der Waals surface area contributed by atoms with E-state index in [4.69, 9.17) is 9.72 Å². The van der Waals surface area contributed by atoms with Gasteiger partial charge in [-0.05, 0) is 46.3 Å². The van der Waals surface area contributed by atoms with Gasteiger partial charge in [0.25, 0.3) is 5.69 Å². The third kappa shape index (κ3) is 4.99. The molecule has 4 aromatic rings. The number of pyridine rings is 1. The number of ether oxygens (including phenoxy) is 1. The van der Waals surface area contributed by atoms with Gasteiger partial charge in [-0.1, -0.05) is 46.3 Å². The molecule has 0 unspecified atom stereocenters. The van der Waals surface area contributed by atoms with E-state index in [1.165, 1.54) is 24.3 Å². The maximum atomic E-state index is 13.0. The molecule has 0 aliphatic carbocycles. The van der Waals surface area contributed by atoms with Crippen molar-refractivity contribution in [1.29, 1.82) is 0 Å². The summed E-state index contributed by atoms with van der Waals surface area (Å²) in [5.74, 6) is -1.15. The molecule has 3 aromatic carbocycles. The summed E-state index contributed by atoms with van der Waals surface area (Å²) in [7, 11) is 0. The number of rotatable bonds is 6. The molecular formula is C24H14Br2N2O5. The van der Waals surface area contributed by atoms with Crippen LogP contribution in [0.4, 0.5) is 5.69 Å². The molecule has 164 valence electrons. The Morgan fingerprint density at radius 2 is 1.67 bits per heavy atom. The van der Waals surface area contributed by atoms with Crippen molar-refractivity contribution in [2.24, 2.45) is 0 Å². The molecule has 0 N–H and O–H groups in total. The van der Waals surface area contributed by atoms with E-state index in [-0.39, 0.29) is 16.8 Å². The van der Waals surface area contributed by atoms with Gasteiger partial charge in [-0.2, -0.15) is 0 Å². The van der Waals surface area contributed by atoms with Crippen LogP contribution in [0.3, 0.4) is 0 Å². The van der Waals surface area contributed by atoms with E-state index in [0.717, 1.165) is 10.0 Å². The summed E-state index contributed by atoms with van der Waals surface area (Å²) in [5, 5.41) is 11.3. The number of halogens is 2. The summed E-state index contributed by atoms with van der Waals surface area (Å²) in [5.41, 5.74) is 2.33. The molecule has 0 radical (unpaired) electrons. The molecule has 0 aliphatic heterocycles. The fraction of sp³-hybridized carbons (Fsp3) is 0.0417. The topological polar surface area (TPSA) is 99.4 Å². The van der Waals surface area contributed by atoms with Gasteiger partial charge in [-0.15, -0.1) is 0 Å². The third-order valence-corrected chi connectivity index (χ3v) is 5.92. The molecule has 7 nitrogen and oxygen atoms in total. The van der Waals surface area contributed by atoms with Gasteiger partial charge < -0.3 is 4.74 Å². The lowest BCUT2D eigenvalue weighted by atomic mass is 10.0. The SMILES string of the molecule is O=C(COC(=O)c1cc(-c2ccccc2)nc2c(Br)cc(Br)cc12)c1ccc([N+](=O)[O-])cc1. The Bertz CT molecular complexity index is 1390. The Labute approximate surface area is 204 Å². The lowest BCUT2D eigenvalue weighted by Crippen LogP contribution is -2.15. The molecule has 1 aromatic heterocycles. The van der Waals surface area contributed by atoms with Crippen molar-refractivity contribution >= 4 is 60.2 Å². The first-order chi connectivity index (χ1) is 15.8. The number of carbonyl (C=O) groups is 2. The summed E-state index contributed by atoms with van der Waals surface area (Å²) >= 11 is 6.93. The van der Waals surface area contributed by atoms with Crippen molar-refractivity contribution < 1.29 is 19.2 Å². The highest BCUT2D eigenvalue weighted by Gasteiger charge is 2.19. The first-order valence-electron chi connectivity index (χ1n) is 9.63. The summed E-state index contributed by atoms with van der Waals surface area (Å²) in [6, 6.07) is 19.7. The average molecular weight is 570 g/mol. The average Bonchev–Trinajstić information content (AvgIpc) is 2.82. The van der Waals surface area contributed by atoms with Gasteiger partial charge in [0.05, 0.1) is 21.7 Å². The van der Waals surface area contributed by atoms with Crippen LogP contribution in [0.1, 0.15) is 20.7 Å². The van der Waals surface area contributed by atoms with Crippen LogP contribution in [-0.4, -0.2) is 28.3 Å². The zero-order valence-electron chi connectivity index (χ0n) is 16.8. The van der Waals surface area contributed by atoms with Gasteiger partial charge >= 0.3 is 5.97 Å². The Hall–Kier alpha value is -3.43. The molecule has 0 fully saturated rings. The van der Waals surface area contributed by atoms with E-state index in [1.54, 1.807) is 12.1 Å². The minimum absolute atomic E-state index is 0.128. The quantitative estimate of drug-likeness (QED) is 0.116. The number of carbonyl (C=O) groups excluding carboxylic acids is 2. The van der Waals surface area contributed by atoms with Crippen molar-refractivity contribution in [2.45, 2.75) is 0 Å². The van der Waals surface area contributed by atoms with Gasteiger partial charge in [0, 0.05) is 37.6 Å². The van der Waals surface area contributed by atoms with E-state index >= 15 is 0 Å². The molecule has 0 bridgehead atoms. The second-order valence-corrected chi connectivity index (χ2v) is 8.78. The lowest BCUT2D eigenvalue weighted by molar-refractivity contribution is -0.384. The molecule has 0 saturated heterocycles. The first-order valence-corrected chi connectivity index (χ1v) is 11.2. The van der Waals surface area contributed by atoms with Crippen molar-refractivity contribution in [3.8, 4) is 11.3 Å². The maximum absolute atomic E-state index is 13.0. The van der Waals surface area contributed by atoms with Gasteiger partial charge in [-0.3, -0.25) is 14.9 Å². The smallest absolute Gasteiger partial charge is 0.339 e. The number of ketones is 1. The molecule has 0 aliphatic rings. The number of nitro groups is 1. The van der Waals surface area contributed by atoms with E-state index in [9.17, 15) is 19.7 Å². The minimum atomic E-state index is -0.681. The highest BCUT2D eigenvalue weighted by molar-refractivity contribution is 9.11. The molecule has 4 rings (SSSR count). The Morgan fingerprint density at radius 3 is 2.33 bits per heavy atom. The number of esters is 1. The molecule has 0 saturated carbocycles. The predicted octanol–water partition coefficient (Wildman–Crippen LogP) is 6.37. The number of hydrogen-bond acceptors (Lipinski definition) is 6. The monoisotopic (exact) mass is 568 g/mol. The van der Waals surface area contributed by atoms with Crippen LogP contribution < -0.4 is 0 Å². The normalized spacial score (nSPS) is 10.7.